The van der Waals surface area contributed by atoms with Gasteiger partial charge in [-0.2, -0.15) is 0 Å². The molecule has 0 spiro atoms. The van der Waals surface area contributed by atoms with E-state index in [-0.39, 0.29) is 6.42 Å². The summed E-state index contributed by atoms with van der Waals surface area (Å²) in [6.45, 7) is 2.07. The summed E-state index contributed by atoms with van der Waals surface area (Å²) in [5, 5.41) is 8.69. The maximum atomic E-state index is 10.6. The fourth-order valence-corrected chi connectivity index (χ4v) is 2.05. The second-order valence-corrected chi connectivity index (χ2v) is 4.04. The van der Waals surface area contributed by atoms with Gasteiger partial charge in [-0.05, 0) is 30.9 Å². The summed E-state index contributed by atoms with van der Waals surface area (Å²) >= 11 is 0. The fourth-order valence-electron chi connectivity index (χ4n) is 2.05. The molecule has 0 fully saturated rings. The number of aliphatic carboxylic acids is 1. The summed E-state index contributed by atoms with van der Waals surface area (Å²) in [5.74, 6) is 0.650. The zero-order valence-electron chi connectivity index (χ0n) is 11.2. The van der Waals surface area contributed by atoms with E-state index < -0.39 is 5.97 Å². The molecule has 0 atom stereocenters. The van der Waals surface area contributed by atoms with Gasteiger partial charge in [0.05, 0.1) is 14.2 Å². The second-order valence-electron chi connectivity index (χ2n) is 4.04. The Kier molecular flexibility index (Phi) is 5.49. The van der Waals surface area contributed by atoms with Crippen molar-refractivity contribution >= 4 is 5.97 Å². The third-order valence-corrected chi connectivity index (χ3v) is 2.94. The number of hydrogen-bond acceptors (Lipinski definition) is 3. The van der Waals surface area contributed by atoms with Gasteiger partial charge in [0.2, 0.25) is 0 Å². The van der Waals surface area contributed by atoms with Crippen molar-refractivity contribution < 1.29 is 19.4 Å². The number of rotatable bonds is 7. The van der Waals surface area contributed by atoms with Crippen molar-refractivity contribution in [1.82, 2.24) is 0 Å². The molecule has 1 aromatic carbocycles. The van der Waals surface area contributed by atoms with Crippen molar-refractivity contribution in [3.63, 3.8) is 0 Å². The molecule has 4 heteroatoms. The minimum absolute atomic E-state index is 0.170. The van der Waals surface area contributed by atoms with Crippen LogP contribution in [-0.2, 0) is 17.6 Å². The second kappa shape index (κ2) is 6.89. The molecule has 0 aromatic heterocycles. The van der Waals surface area contributed by atoms with E-state index in [9.17, 15) is 4.79 Å². The molecule has 0 aliphatic carbocycles. The molecular formula is C14H20O4. The molecule has 18 heavy (non-hydrogen) atoms. The van der Waals surface area contributed by atoms with Crippen molar-refractivity contribution in [3.05, 3.63) is 23.3 Å². The van der Waals surface area contributed by atoms with Crippen LogP contribution in [0, 0.1) is 0 Å². The number of hydrogen-bond donors (Lipinski definition) is 1. The molecule has 0 unspecified atom stereocenters. The van der Waals surface area contributed by atoms with E-state index in [1.165, 1.54) is 5.56 Å². The Balaban J connectivity index is 3.00. The zero-order chi connectivity index (χ0) is 13.5. The lowest BCUT2D eigenvalue weighted by Crippen LogP contribution is -2.02. The molecule has 0 radical (unpaired) electrons. The highest BCUT2D eigenvalue weighted by atomic mass is 16.5. The highest BCUT2D eigenvalue weighted by Crippen LogP contribution is 2.34. The van der Waals surface area contributed by atoms with Crippen LogP contribution in [0.5, 0.6) is 11.5 Å². The molecule has 0 saturated heterocycles. The van der Waals surface area contributed by atoms with Crippen LogP contribution in [0.15, 0.2) is 12.1 Å². The minimum Gasteiger partial charge on any atom is -0.493 e. The lowest BCUT2D eigenvalue weighted by molar-refractivity contribution is -0.137. The number of ether oxygens (including phenoxy) is 2. The highest BCUT2D eigenvalue weighted by molar-refractivity contribution is 5.66. The predicted octanol–water partition coefficient (Wildman–Crippen LogP) is 2.67. The lowest BCUT2D eigenvalue weighted by atomic mass is 9.98. The minimum atomic E-state index is -0.769. The maximum Gasteiger partial charge on any atom is 0.303 e. The average molecular weight is 252 g/mol. The molecular weight excluding hydrogens is 232 g/mol. The van der Waals surface area contributed by atoms with Crippen LogP contribution in [0.1, 0.15) is 30.9 Å². The first-order chi connectivity index (χ1) is 8.63. The van der Waals surface area contributed by atoms with Crippen molar-refractivity contribution in [2.45, 2.75) is 32.6 Å². The van der Waals surface area contributed by atoms with Gasteiger partial charge in [-0.3, -0.25) is 4.79 Å². The van der Waals surface area contributed by atoms with E-state index in [1.54, 1.807) is 14.2 Å². The number of carboxylic acid groups (broad SMARTS) is 1. The molecule has 0 amide bonds. The summed E-state index contributed by atoms with van der Waals surface area (Å²) in [4.78, 5) is 10.6. The van der Waals surface area contributed by atoms with Gasteiger partial charge in [0.1, 0.15) is 0 Å². The van der Waals surface area contributed by atoms with Gasteiger partial charge in [0.15, 0.2) is 11.5 Å². The third kappa shape index (κ3) is 3.39. The van der Waals surface area contributed by atoms with Crippen molar-refractivity contribution in [2.24, 2.45) is 0 Å². The van der Waals surface area contributed by atoms with E-state index in [4.69, 9.17) is 14.6 Å². The fraction of sp³-hybridized carbons (Fsp3) is 0.500. The highest BCUT2D eigenvalue weighted by Gasteiger charge is 2.14. The Bertz CT molecular complexity index is 413. The summed E-state index contributed by atoms with van der Waals surface area (Å²) in [5.41, 5.74) is 2.23. The van der Waals surface area contributed by atoms with Gasteiger partial charge < -0.3 is 14.6 Å². The van der Waals surface area contributed by atoms with E-state index in [2.05, 4.69) is 6.92 Å². The first kappa shape index (κ1) is 14.4. The van der Waals surface area contributed by atoms with Crippen molar-refractivity contribution in [3.8, 4) is 11.5 Å². The van der Waals surface area contributed by atoms with Gasteiger partial charge in [-0.1, -0.05) is 13.0 Å². The summed E-state index contributed by atoms with van der Waals surface area (Å²) in [6.07, 6.45) is 2.36. The van der Waals surface area contributed by atoms with Crippen molar-refractivity contribution in [1.29, 1.82) is 0 Å². The van der Waals surface area contributed by atoms with Crippen LogP contribution in [-0.4, -0.2) is 25.3 Å². The monoisotopic (exact) mass is 252 g/mol. The molecule has 1 aromatic rings. The smallest absolute Gasteiger partial charge is 0.303 e. The van der Waals surface area contributed by atoms with Crippen LogP contribution in [0.2, 0.25) is 0 Å². The van der Waals surface area contributed by atoms with Crippen LogP contribution in [0.25, 0.3) is 0 Å². The Morgan fingerprint density at radius 1 is 1.28 bits per heavy atom. The number of benzene rings is 1. The zero-order valence-corrected chi connectivity index (χ0v) is 11.2. The lowest BCUT2D eigenvalue weighted by Gasteiger charge is -2.16. The number of methoxy groups -OCH3 is 2. The number of aryl methyl sites for hydroxylation is 1. The van der Waals surface area contributed by atoms with Crippen molar-refractivity contribution in [2.75, 3.05) is 14.2 Å². The van der Waals surface area contributed by atoms with Gasteiger partial charge in [-0.15, -0.1) is 0 Å². The summed E-state index contributed by atoms with van der Waals surface area (Å²) < 4.78 is 10.7. The van der Waals surface area contributed by atoms with E-state index in [1.807, 2.05) is 12.1 Å². The molecule has 0 saturated carbocycles. The molecule has 0 aliphatic rings. The van der Waals surface area contributed by atoms with Gasteiger partial charge in [0, 0.05) is 12.0 Å². The summed E-state index contributed by atoms with van der Waals surface area (Å²) in [6, 6.07) is 3.90. The molecule has 4 nitrogen and oxygen atoms in total. The molecule has 0 heterocycles. The van der Waals surface area contributed by atoms with Crippen LogP contribution < -0.4 is 9.47 Å². The van der Waals surface area contributed by atoms with E-state index >= 15 is 0 Å². The molecule has 0 bridgehead atoms. The standard InChI is InChI=1S/C14H20O4/c1-4-10-8-9-12(17-2)14(18-3)11(10)6-5-7-13(15)16/h8-9H,4-7H2,1-3H3,(H,15,16). The van der Waals surface area contributed by atoms with Gasteiger partial charge in [-0.25, -0.2) is 0 Å². The quantitative estimate of drug-likeness (QED) is 0.810. The molecule has 1 rings (SSSR count). The topological polar surface area (TPSA) is 55.8 Å². The average Bonchev–Trinajstić information content (AvgIpc) is 2.37. The Labute approximate surface area is 108 Å². The summed E-state index contributed by atoms with van der Waals surface area (Å²) in [7, 11) is 3.21. The van der Waals surface area contributed by atoms with Crippen LogP contribution in [0.3, 0.4) is 0 Å². The molecule has 100 valence electrons. The third-order valence-electron chi connectivity index (χ3n) is 2.94. The Morgan fingerprint density at radius 3 is 2.50 bits per heavy atom. The Hall–Kier alpha value is -1.71. The Morgan fingerprint density at radius 2 is 2.00 bits per heavy atom. The normalized spacial score (nSPS) is 10.2. The molecule has 1 N–H and O–H groups in total. The first-order valence-corrected chi connectivity index (χ1v) is 6.08. The van der Waals surface area contributed by atoms with Gasteiger partial charge >= 0.3 is 5.97 Å². The first-order valence-electron chi connectivity index (χ1n) is 6.08. The van der Waals surface area contributed by atoms with E-state index in [0.717, 1.165) is 17.7 Å². The number of carbonyl (C=O) groups is 1. The largest absolute Gasteiger partial charge is 0.493 e. The number of carboxylic acids is 1. The van der Waals surface area contributed by atoms with E-state index in [0.29, 0.717) is 18.6 Å². The predicted molar refractivity (Wildman–Crippen MR) is 69.5 cm³/mol. The SMILES string of the molecule is CCc1ccc(OC)c(OC)c1CCCC(=O)O. The van der Waals surface area contributed by atoms with Crippen LogP contribution >= 0.6 is 0 Å². The maximum absolute atomic E-state index is 10.6. The van der Waals surface area contributed by atoms with Crippen LogP contribution in [0.4, 0.5) is 0 Å². The molecule has 0 aliphatic heterocycles. The van der Waals surface area contributed by atoms with Gasteiger partial charge in [0.25, 0.3) is 0 Å².